The van der Waals surface area contributed by atoms with Crippen LogP contribution in [0.25, 0.3) is 0 Å². The Bertz CT molecular complexity index is 522. The fraction of sp³-hybridized carbons (Fsp3) is 0.364. The third-order valence-corrected chi connectivity index (χ3v) is 3.97. The molecule has 0 aliphatic heterocycles. The monoisotopic (exact) mass is 260 g/mol. The van der Waals surface area contributed by atoms with Crippen molar-refractivity contribution in [1.29, 1.82) is 0 Å². The summed E-state index contributed by atoms with van der Waals surface area (Å²) < 4.78 is 36.3. The number of aromatic carboxylic acids is 1. The van der Waals surface area contributed by atoms with E-state index < -0.39 is 27.2 Å². The van der Waals surface area contributed by atoms with Crippen LogP contribution in [0.4, 0.5) is 4.39 Å². The highest BCUT2D eigenvalue weighted by atomic mass is 32.2. The first-order valence-corrected chi connectivity index (χ1v) is 6.90. The van der Waals surface area contributed by atoms with E-state index in [0.717, 1.165) is 12.1 Å². The second kappa shape index (κ2) is 5.27. The van der Waals surface area contributed by atoms with Crippen molar-refractivity contribution in [3.63, 3.8) is 0 Å². The predicted octanol–water partition coefficient (Wildman–Crippen LogP) is 1.85. The van der Waals surface area contributed by atoms with Crippen LogP contribution in [0.2, 0.25) is 0 Å². The number of rotatable bonds is 5. The Hall–Kier alpha value is -1.43. The Morgan fingerprint density at radius 1 is 1.41 bits per heavy atom. The van der Waals surface area contributed by atoms with Crippen LogP contribution in [0.1, 0.15) is 29.3 Å². The van der Waals surface area contributed by atoms with Gasteiger partial charge in [-0.15, -0.1) is 0 Å². The van der Waals surface area contributed by atoms with E-state index in [4.69, 9.17) is 5.11 Å². The molecule has 0 heterocycles. The lowest BCUT2D eigenvalue weighted by molar-refractivity contribution is 0.0692. The molecule has 0 atom stereocenters. The van der Waals surface area contributed by atoms with E-state index in [1.165, 1.54) is 6.07 Å². The minimum Gasteiger partial charge on any atom is -0.478 e. The van der Waals surface area contributed by atoms with Crippen LogP contribution < -0.4 is 0 Å². The second-order valence-corrected chi connectivity index (χ2v) is 5.90. The van der Waals surface area contributed by atoms with Gasteiger partial charge in [0.2, 0.25) is 0 Å². The first kappa shape index (κ1) is 13.6. The van der Waals surface area contributed by atoms with Gasteiger partial charge in [0.25, 0.3) is 0 Å². The quantitative estimate of drug-likeness (QED) is 0.877. The maximum absolute atomic E-state index is 13.3. The third-order valence-electron chi connectivity index (χ3n) is 2.17. The molecule has 6 heteroatoms. The Kier molecular flexibility index (Phi) is 4.22. The molecule has 1 aromatic rings. The summed E-state index contributed by atoms with van der Waals surface area (Å²) in [4.78, 5) is 10.6. The summed E-state index contributed by atoms with van der Waals surface area (Å²) in [6, 6.07) is 3.35. The van der Waals surface area contributed by atoms with Crippen LogP contribution >= 0.6 is 0 Å². The zero-order chi connectivity index (χ0) is 13.1. The third kappa shape index (κ3) is 3.81. The van der Waals surface area contributed by atoms with Crippen LogP contribution in [0.15, 0.2) is 18.2 Å². The minimum absolute atomic E-state index is 0.0370. The van der Waals surface area contributed by atoms with Crippen molar-refractivity contribution >= 4 is 15.8 Å². The van der Waals surface area contributed by atoms with Crippen molar-refractivity contribution in [2.24, 2.45) is 0 Å². The van der Waals surface area contributed by atoms with E-state index >= 15 is 0 Å². The molecule has 94 valence electrons. The summed E-state index contributed by atoms with van der Waals surface area (Å²) in [5, 5.41) is 8.62. The Balaban J connectivity index is 2.96. The summed E-state index contributed by atoms with van der Waals surface area (Å²) in [5.41, 5.74) is -0.192. The number of carboxylic acid groups (broad SMARTS) is 1. The van der Waals surface area contributed by atoms with Crippen molar-refractivity contribution in [3.05, 3.63) is 35.1 Å². The molecule has 0 fully saturated rings. The Morgan fingerprint density at radius 2 is 2.06 bits per heavy atom. The maximum Gasteiger partial charge on any atom is 0.338 e. The molecule has 0 unspecified atom stereocenters. The zero-order valence-corrected chi connectivity index (χ0v) is 10.1. The van der Waals surface area contributed by atoms with Crippen LogP contribution in [0.5, 0.6) is 0 Å². The summed E-state index contributed by atoms with van der Waals surface area (Å²) >= 11 is 0. The normalized spacial score (nSPS) is 11.4. The number of benzene rings is 1. The maximum atomic E-state index is 13.3. The molecule has 0 aliphatic rings. The lowest BCUT2D eigenvalue weighted by Gasteiger charge is -2.04. The predicted molar refractivity (Wildman–Crippen MR) is 61.1 cm³/mol. The van der Waals surface area contributed by atoms with Crippen LogP contribution in [-0.4, -0.2) is 25.2 Å². The molecule has 0 aromatic heterocycles. The average Bonchev–Trinajstić information content (AvgIpc) is 2.15. The van der Waals surface area contributed by atoms with Gasteiger partial charge >= 0.3 is 5.97 Å². The smallest absolute Gasteiger partial charge is 0.338 e. The highest BCUT2D eigenvalue weighted by molar-refractivity contribution is 7.90. The summed E-state index contributed by atoms with van der Waals surface area (Å²) in [7, 11) is -3.25. The van der Waals surface area contributed by atoms with Gasteiger partial charge in [-0.1, -0.05) is 13.0 Å². The number of hydrogen-bond donors (Lipinski definition) is 1. The number of halogens is 1. The largest absolute Gasteiger partial charge is 0.478 e. The van der Waals surface area contributed by atoms with Gasteiger partial charge < -0.3 is 5.11 Å². The van der Waals surface area contributed by atoms with Crippen LogP contribution in [0, 0.1) is 5.82 Å². The van der Waals surface area contributed by atoms with E-state index in [9.17, 15) is 17.6 Å². The molecule has 1 N–H and O–H groups in total. The van der Waals surface area contributed by atoms with Gasteiger partial charge in [0, 0.05) is 0 Å². The molecule has 0 bridgehead atoms. The van der Waals surface area contributed by atoms with E-state index in [1.54, 1.807) is 6.92 Å². The molecule has 0 aliphatic carbocycles. The molecule has 0 saturated heterocycles. The van der Waals surface area contributed by atoms with Crippen molar-refractivity contribution in [3.8, 4) is 0 Å². The minimum atomic E-state index is -3.25. The zero-order valence-electron chi connectivity index (χ0n) is 9.31. The molecule has 0 saturated carbocycles. The van der Waals surface area contributed by atoms with Crippen molar-refractivity contribution in [1.82, 2.24) is 0 Å². The molecule has 0 amide bonds. The molecule has 0 spiro atoms. The summed E-state index contributed by atoms with van der Waals surface area (Å²) in [6.07, 6.45) is 0.498. The van der Waals surface area contributed by atoms with Gasteiger partial charge in [0.1, 0.15) is 5.82 Å². The SMILES string of the molecule is CCCS(=O)(=O)Cc1ccc(C(=O)O)c(F)c1. The Labute approximate surface area is 99.0 Å². The molecular formula is C11H13FO4S. The number of hydrogen-bond acceptors (Lipinski definition) is 3. The first-order valence-electron chi connectivity index (χ1n) is 5.08. The first-order chi connectivity index (χ1) is 7.85. The van der Waals surface area contributed by atoms with Gasteiger partial charge in [-0.3, -0.25) is 0 Å². The number of carboxylic acids is 1. The van der Waals surface area contributed by atoms with E-state index in [1.807, 2.05) is 0 Å². The van der Waals surface area contributed by atoms with Gasteiger partial charge in [0.15, 0.2) is 9.84 Å². The highest BCUT2D eigenvalue weighted by Gasteiger charge is 2.14. The average molecular weight is 260 g/mol. The van der Waals surface area contributed by atoms with E-state index in [-0.39, 0.29) is 17.1 Å². The van der Waals surface area contributed by atoms with Crippen LogP contribution in [0.3, 0.4) is 0 Å². The molecule has 17 heavy (non-hydrogen) atoms. The summed E-state index contributed by atoms with van der Waals surface area (Å²) in [6.45, 7) is 1.74. The molecule has 1 rings (SSSR count). The van der Waals surface area contributed by atoms with E-state index in [2.05, 4.69) is 0 Å². The lowest BCUT2D eigenvalue weighted by Crippen LogP contribution is -2.09. The lowest BCUT2D eigenvalue weighted by atomic mass is 10.1. The van der Waals surface area contributed by atoms with Gasteiger partial charge in [0.05, 0.1) is 17.1 Å². The molecule has 0 radical (unpaired) electrons. The topological polar surface area (TPSA) is 71.4 Å². The fourth-order valence-electron chi connectivity index (χ4n) is 1.46. The molecular weight excluding hydrogens is 247 g/mol. The van der Waals surface area contributed by atoms with Gasteiger partial charge in [-0.05, 0) is 24.1 Å². The second-order valence-electron chi connectivity index (χ2n) is 3.71. The number of sulfone groups is 1. The number of carbonyl (C=O) groups is 1. The highest BCUT2D eigenvalue weighted by Crippen LogP contribution is 2.13. The van der Waals surface area contributed by atoms with Crippen LogP contribution in [-0.2, 0) is 15.6 Å². The van der Waals surface area contributed by atoms with Gasteiger partial charge in [-0.2, -0.15) is 0 Å². The van der Waals surface area contributed by atoms with E-state index in [0.29, 0.717) is 6.42 Å². The molecule has 1 aromatic carbocycles. The fourth-order valence-corrected chi connectivity index (χ4v) is 2.91. The van der Waals surface area contributed by atoms with Crippen molar-refractivity contribution in [2.45, 2.75) is 19.1 Å². The van der Waals surface area contributed by atoms with Crippen molar-refractivity contribution < 1.29 is 22.7 Å². The summed E-state index contributed by atoms with van der Waals surface area (Å²) in [5.74, 6) is -2.51. The standard InChI is InChI=1S/C11H13FO4S/c1-2-5-17(15,16)7-8-3-4-9(11(13)14)10(12)6-8/h3-4,6H,2,5,7H2,1H3,(H,13,14). The van der Waals surface area contributed by atoms with Crippen molar-refractivity contribution in [2.75, 3.05) is 5.75 Å². The Morgan fingerprint density at radius 3 is 2.53 bits per heavy atom. The molecule has 4 nitrogen and oxygen atoms in total. The van der Waals surface area contributed by atoms with Gasteiger partial charge in [-0.25, -0.2) is 17.6 Å².